The zero-order valence-corrected chi connectivity index (χ0v) is 26.7. The highest BCUT2D eigenvalue weighted by molar-refractivity contribution is 6.10. The van der Waals surface area contributed by atoms with Crippen molar-refractivity contribution in [3.63, 3.8) is 0 Å². The van der Waals surface area contributed by atoms with E-state index in [0.29, 0.717) is 17.7 Å². The number of hydrogen-bond donors (Lipinski definition) is 0. The number of pyridine rings is 2. The van der Waals surface area contributed by atoms with Gasteiger partial charge in [0.1, 0.15) is 0 Å². The number of para-hydroxylation sites is 4. The molecule has 5 heterocycles. The molecule has 0 aliphatic heterocycles. The summed E-state index contributed by atoms with van der Waals surface area (Å²) in [7, 11) is 0. The molecule has 0 saturated carbocycles. The minimum atomic E-state index is 0.534. The van der Waals surface area contributed by atoms with Crippen LogP contribution in [-0.4, -0.2) is 34.1 Å². The van der Waals surface area contributed by atoms with E-state index < -0.39 is 0 Å². The van der Waals surface area contributed by atoms with Gasteiger partial charge >= 0.3 is 0 Å². The van der Waals surface area contributed by atoms with E-state index >= 15 is 0 Å². The van der Waals surface area contributed by atoms with Crippen molar-refractivity contribution in [3.8, 4) is 45.8 Å². The third-order valence-electron chi connectivity index (χ3n) is 9.28. The Kier molecular flexibility index (Phi) is 6.35. The summed E-state index contributed by atoms with van der Waals surface area (Å²) in [4.78, 5) is 25.2. The molecule has 0 fully saturated rings. The molecule has 0 aliphatic carbocycles. The van der Waals surface area contributed by atoms with Crippen LogP contribution < -0.4 is 0 Å². The maximum atomic E-state index is 5.28. The zero-order valence-electron chi connectivity index (χ0n) is 26.7. The second kappa shape index (κ2) is 11.3. The largest absolute Gasteiger partial charge is 0.278 e. The molecular formula is C43H27N7. The molecule has 0 aliphatic rings. The minimum absolute atomic E-state index is 0.534. The van der Waals surface area contributed by atoms with Crippen LogP contribution in [0, 0.1) is 0 Å². The highest BCUT2D eigenvalue weighted by Gasteiger charge is 2.21. The first kappa shape index (κ1) is 28.1. The molecule has 0 spiro atoms. The van der Waals surface area contributed by atoms with Gasteiger partial charge in [-0.25, -0.2) is 0 Å². The molecule has 5 aromatic heterocycles. The third kappa shape index (κ3) is 4.48. The van der Waals surface area contributed by atoms with Gasteiger partial charge in [0.2, 0.25) is 11.9 Å². The Balaban J connectivity index is 1.31. The average Bonchev–Trinajstić information content (AvgIpc) is 3.71. The first-order valence-electron chi connectivity index (χ1n) is 16.5. The number of fused-ring (bicyclic) bond motifs is 6. The van der Waals surface area contributed by atoms with Gasteiger partial charge in [0.25, 0.3) is 0 Å². The van der Waals surface area contributed by atoms with Crippen LogP contribution in [0.4, 0.5) is 0 Å². The highest BCUT2D eigenvalue weighted by atomic mass is 15.3. The second-order valence-corrected chi connectivity index (χ2v) is 12.2. The molecule has 0 saturated heterocycles. The molecule has 7 heteroatoms. The van der Waals surface area contributed by atoms with Gasteiger partial charge in [0, 0.05) is 50.6 Å². The van der Waals surface area contributed by atoms with Crippen molar-refractivity contribution >= 4 is 43.6 Å². The quantitative estimate of drug-likeness (QED) is 0.187. The molecular weight excluding hydrogens is 615 g/mol. The van der Waals surface area contributed by atoms with Gasteiger partial charge in [-0.1, -0.05) is 84.9 Å². The lowest BCUT2D eigenvalue weighted by molar-refractivity contribution is 0.893. The predicted molar refractivity (Wildman–Crippen MR) is 200 cm³/mol. The van der Waals surface area contributed by atoms with Crippen molar-refractivity contribution in [3.05, 3.63) is 164 Å². The van der Waals surface area contributed by atoms with Crippen molar-refractivity contribution in [2.45, 2.75) is 0 Å². The summed E-state index contributed by atoms with van der Waals surface area (Å²) < 4.78 is 4.30. The van der Waals surface area contributed by atoms with E-state index in [1.807, 2.05) is 48.8 Å². The second-order valence-electron chi connectivity index (χ2n) is 12.2. The molecule has 0 unspecified atom stereocenters. The molecule has 7 nitrogen and oxygen atoms in total. The van der Waals surface area contributed by atoms with E-state index in [4.69, 9.17) is 15.0 Å². The van der Waals surface area contributed by atoms with Crippen LogP contribution in [0.15, 0.2) is 164 Å². The number of nitrogens with zero attached hydrogens (tertiary/aromatic N) is 7. The summed E-state index contributed by atoms with van der Waals surface area (Å²) in [6, 6.07) is 51.9. The standard InChI is InChI=1S/C43H27N7/c1-5-19-37-31(13-1)32-14-2-6-20-38(32)49(37)42-46-41(47-43(48-42)50-39-21-7-3-15-33(39)34-16-4-8-22-40(34)50)30-26-28(35-17-9-11-23-44-35)25-29(27-30)36-18-10-12-24-45-36/h1-27H. The SMILES string of the molecule is c1ccc(-c2cc(-c3ccccn3)cc(-c3nc(-n4c5ccccc5c5ccccc54)nc(-n4c5ccccc5c5ccccc54)n3)c2)nc1. The summed E-state index contributed by atoms with van der Waals surface area (Å²) >= 11 is 0. The van der Waals surface area contributed by atoms with Crippen molar-refractivity contribution < 1.29 is 0 Å². The number of hydrogen-bond acceptors (Lipinski definition) is 5. The average molecular weight is 642 g/mol. The molecule has 10 rings (SSSR count). The van der Waals surface area contributed by atoms with Gasteiger partial charge in [0.05, 0.1) is 33.5 Å². The Morgan fingerprint density at radius 3 is 1.08 bits per heavy atom. The lowest BCUT2D eigenvalue weighted by atomic mass is 10.0. The van der Waals surface area contributed by atoms with Crippen LogP contribution in [0.2, 0.25) is 0 Å². The van der Waals surface area contributed by atoms with E-state index in [-0.39, 0.29) is 0 Å². The van der Waals surface area contributed by atoms with Crippen molar-refractivity contribution in [2.75, 3.05) is 0 Å². The van der Waals surface area contributed by atoms with E-state index in [1.54, 1.807) is 0 Å². The number of aromatic nitrogens is 7. The molecule has 0 bridgehead atoms. The maximum Gasteiger partial charge on any atom is 0.240 e. The first-order chi connectivity index (χ1) is 24.8. The van der Waals surface area contributed by atoms with Crippen LogP contribution in [0.5, 0.6) is 0 Å². The van der Waals surface area contributed by atoms with E-state index in [0.717, 1.165) is 71.7 Å². The van der Waals surface area contributed by atoms with Crippen LogP contribution in [0.1, 0.15) is 0 Å². The third-order valence-corrected chi connectivity index (χ3v) is 9.28. The Labute approximate surface area is 286 Å². The minimum Gasteiger partial charge on any atom is -0.278 e. The monoisotopic (exact) mass is 641 g/mol. The van der Waals surface area contributed by atoms with Crippen LogP contribution in [-0.2, 0) is 0 Å². The first-order valence-corrected chi connectivity index (χ1v) is 16.5. The molecule has 10 aromatic rings. The Bertz CT molecular complexity index is 2580. The van der Waals surface area contributed by atoms with Gasteiger partial charge in [-0.2, -0.15) is 15.0 Å². The Hall–Kier alpha value is -6.99. The van der Waals surface area contributed by atoms with Gasteiger partial charge < -0.3 is 0 Å². The molecule has 5 aromatic carbocycles. The lowest BCUT2D eigenvalue weighted by Gasteiger charge is -2.14. The van der Waals surface area contributed by atoms with Gasteiger partial charge in [-0.15, -0.1) is 0 Å². The van der Waals surface area contributed by atoms with Crippen molar-refractivity contribution in [1.82, 2.24) is 34.1 Å². The lowest BCUT2D eigenvalue weighted by Crippen LogP contribution is -2.10. The smallest absolute Gasteiger partial charge is 0.240 e. The van der Waals surface area contributed by atoms with Gasteiger partial charge in [-0.3, -0.25) is 19.1 Å². The van der Waals surface area contributed by atoms with E-state index in [1.165, 1.54) is 0 Å². The fraction of sp³-hybridized carbons (Fsp3) is 0. The van der Waals surface area contributed by atoms with Crippen molar-refractivity contribution in [1.29, 1.82) is 0 Å². The van der Waals surface area contributed by atoms with Crippen LogP contribution in [0.3, 0.4) is 0 Å². The molecule has 50 heavy (non-hydrogen) atoms. The molecule has 0 N–H and O–H groups in total. The molecule has 0 radical (unpaired) electrons. The van der Waals surface area contributed by atoms with Crippen molar-refractivity contribution in [2.24, 2.45) is 0 Å². The summed E-state index contributed by atoms with van der Waals surface area (Å²) in [5.41, 5.74) is 8.52. The van der Waals surface area contributed by atoms with Gasteiger partial charge in [-0.05, 0) is 66.7 Å². The fourth-order valence-electron chi connectivity index (χ4n) is 7.08. The van der Waals surface area contributed by atoms with Crippen LogP contribution in [0.25, 0.3) is 89.4 Å². The molecule has 0 atom stereocenters. The zero-order chi connectivity index (χ0) is 33.0. The van der Waals surface area contributed by atoms with E-state index in [9.17, 15) is 0 Å². The summed E-state index contributed by atoms with van der Waals surface area (Å²) in [6.45, 7) is 0. The Morgan fingerprint density at radius 2 is 0.700 bits per heavy atom. The Morgan fingerprint density at radius 1 is 0.340 bits per heavy atom. The van der Waals surface area contributed by atoms with E-state index in [2.05, 4.69) is 134 Å². The number of benzene rings is 5. The normalized spacial score (nSPS) is 11.6. The highest BCUT2D eigenvalue weighted by Crippen LogP contribution is 2.36. The summed E-state index contributed by atoms with van der Waals surface area (Å²) in [6.07, 6.45) is 3.62. The molecule has 234 valence electrons. The fourth-order valence-corrected chi connectivity index (χ4v) is 7.08. The molecule has 0 amide bonds. The summed E-state index contributed by atoms with van der Waals surface area (Å²) in [5.74, 6) is 1.61. The van der Waals surface area contributed by atoms with Gasteiger partial charge in [0.15, 0.2) is 5.82 Å². The topological polar surface area (TPSA) is 74.3 Å². The summed E-state index contributed by atoms with van der Waals surface area (Å²) in [5, 5.41) is 4.55. The maximum absolute atomic E-state index is 5.28. The predicted octanol–water partition coefficient (Wildman–Crippen LogP) is 9.86. The number of rotatable bonds is 5. The van der Waals surface area contributed by atoms with Crippen LogP contribution >= 0.6 is 0 Å².